The molecule has 0 saturated heterocycles. The van der Waals surface area contributed by atoms with Crippen molar-refractivity contribution in [1.82, 2.24) is 0 Å². The van der Waals surface area contributed by atoms with Crippen LogP contribution in [0.3, 0.4) is 0 Å². The van der Waals surface area contributed by atoms with E-state index >= 15 is 0 Å². The Morgan fingerprint density at radius 3 is 1.85 bits per heavy atom. The third-order valence-electron chi connectivity index (χ3n) is 1.88. The van der Waals surface area contributed by atoms with Crippen LogP contribution in [-0.4, -0.2) is 14.5 Å². The summed E-state index contributed by atoms with van der Waals surface area (Å²) in [6.07, 6.45) is 0. The van der Waals surface area contributed by atoms with Gasteiger partial charge in [0.25, 0.3) is 0 Å². The van der Waals surface area contributed by atoms with Gasteiger partial charge in [-0.3, -0.25) is 0 Å². The summed E-state index contributed by atoms with van der Waals surface area (Å²) in [6, 6.07) is 7.71. The zero-order valence-electron chi connectivity index (χ0n) is 6.69. The van der Waals surface area contributed by atoms with Crippen molar-refractivity contribution >= 4 is 14.5 Å². The van der Waals surface area contributed by atoms with E-state index in [-0.39, 0.29) is 0 Å². The molecule has 1 aromatic carbocycles. The molecule has 0 atom stereocenters. The van der Waals surface area contributed by atoms with Crippen molar-refractivity contribution < 1.29 is 9.47 Å². The molecule has 2 heterocycles. The van der Waals surface area contributed by atoms with Crippen LogP contribution in [0, 0.1) is 0 Å². The first-order valence-electron chi connectivity index (χ1n) is 3.94. The van der Waals surface area contributed by atoms with Crippen LogP contribution in [0.2, 0.25) is 0 Å². The van der Waals surface area contributed by atoms with Gasteiger partial charge in [0.15, 0.2) is 0 Å². The van der Waals surface area contributed by atoms with Crippen molar-refractivity contribution in [3.05, 3.63) is 34.1 Å². The topological polar surface area (TPSA) is 18.5 Å². The minimum atomic E-state index is 0.396. The second kappa shape index (κ2) is 2.66. The van der Waals surface area contributed by atoms with Crippen LogP contribution in [0.15, 0.2) is 34.1 Å². The number of rotatable bonds is 0. The molecule has 0 radical (unpaired) electrons. The summed E-state index contributed by atoms with van der Waals surface area (Å²) >= 11 is 0.396. The molecule has 0 N–H and O–H groups in total. The molecule has 2 nitrogen and oxygen atoms in total. The summed E-state index contributed by atoms with van der Waals surface area (Å²) in [6.45, 7) is 0. The third-order valence-corrected chi connectivity index (χ3v) is 3.35. The molecular weight excluding hydrogens is 231 g/mol. The molecule has 0 saturated carbocycles. The van der Waals surface area contributed by atoms with Crippen LogP contribution in [0.25, 0.3) is 0 Å². The molecule has 0 spiro atoms. The van der Waals surface area contributed by atoms with Crippen molar-refractivity contribution in [3.63, 3.8) is 0 Å². The Kier molecular flexibility index (Phi) is 1.48. The zero-order chi connectivity index (χ0) is 8.67. The van der Waals surface area contributed by atoms with Gasteiger partial charge in [-0.25, -0.2) is 0 Å². The first-order chi connectivity index (χ1) is 6.43. The van der Waals surface area contributed by atoms with E-state index in [0.29, 0.717) is 14.5 Å². The van der Waals surface area contributed by atoms with Crippen LogP contribution in [0.4, 0.5) is 0 Å². The van der Waals surface area contributed by atoms with Gasteiger partial charge in [0.1, 0.15) is 0 Å². The van der Waals surface area contributed by atoms with Gasteiger partial charge in [-0.15, -0.1) is 0 Å². The summed E-state index contributed by atoms with van der Waals surface area (Å²) in [5, 5.41) is 0. The van der Waals surface area contributed by atoms with Gasteiger partial charge in [0, 0.05) is 0 Å². The van der Waals surface area contributed by atoms with Gasteiger partial charge in [-0.1, -0.05) is 0 Å². The van der Waals surface area contributed by atoms with Crippen molar-refractivity contribution in [2.75, 3.05) is 0 Å². The number of benzene rings is 1. The quantitative estimate of drug-likeness (QED) is 0.559. The van der Waals surface area contributed by atoms with E-state index in [4.69, 9.17) is 9.47 Å². The van der Waals surface area contributed by atoms with Crippen molar-refractivity contribution in [2.45, 2.75) is 0 Å². The average molecular weight is 237 g/mol. The molecule has 3 heteroatoms. The summed E-state index contributed by atoms with van der Waals surface area (Å²) < 4.78 is 11.3. The number of para-hydroxylation sites is 2. The number of fused-ring (bicyclic) bond motifs is 2. The molecular formula is C10H6O2Se. The van der Waals surface area contributed by atoms with E-state index in [0.717, 1.165) is 23.0 Å². The molecule has 3 rings (SSSR count). The summed E-state index contributed by atoms with van der Waals surface area (Å²) in [7, 11) is 0. The van der Waals surface area contributed by atoms with Crippen LogP contribution < -0.4 is 9.47 Å². The minimum absolute atomic E-state index is 0.396. The molecule has 0 bridgehead atoms. The van der Waals surface area contributed by atoms with Crippen molar-refractivity contribution in [1.29, 1.82) is 0 Å². The van der Waals surface area contributed by atoms with Crippen LogP contribution in [-0.2, 0) is 0 Å². The molecule has 0 unspecified atom stereocenters. The predicted octanol–water partition coefficient (Wildman–Crippen LogP) is 2.64. The Bertz CT molecular complexity index is 408. The Hall–Kier alpha value is -1.18. The van der Waals surface area contributed by atoms with Crippen molar-refractivity contribution in [2.24, 2.45) is 0 Å². The third kappa shape index (κ3) is 1.09. The molecule has 0 fully saturated rings. The Morgan fingerprint density at radius 1 is 0.769 bits per heavy atom. The molecule has 2 aromatic rings. The number of hydrogen-bond donors (Lipinski definition) is 0. The first kappa shape index (κ1) is 7.24. The summed E-state index contributed by atoms with van der Waals surface area (Å²) in [5.74, 6) is 3.37. The van der Waals surface area contributed by atoms with Crippen LogP contribution in [0.5, 0.6) is 23.0 Å². The maximum atomic E-state index is 5.64. The second-order valence-electron chi connectivity index (χ2n) is 2.75. The van der Waals surface area contributed by atoms with Gasteiger partial charge in [-0.2, -0.15) is 0 Å². The molecule has 1 aromatic heterocycles. The maximum absolute atomic E-state index is 5.64. The van der Waals surface area contributed by atoms with Crippen molar-refractivity contribution in [3.8, 4) is 23.0 Å². The van der Waals surface area contributed by atoms with E-state index in [1.165, 1.54) is 0 Å². The monoisotopic (exact) mass is 238 g/mol. The summed E-state index contributed by atoms with van der Waals surface area (Å²) in [5.41, 5.74) is 0. The molecule has 1 aliphatic rings. The van der Waals surface area contributed by atoms with E-state index in [9.17, 15) is 0 Å². The molecule has 64 valence electrons. The van der Waals surface area contributed by atoms with Gasteiger partial charge in [0.2, 0.25) is 0 Å². The van der Waals surface area contributed by atoms with Gasteiger partial charge in [0.05, 0.1) is 0 Å². The predicted molar refractivity (Wildman–Crippen MR) is 50.0 cm³/mol. The fourth-order valence-corrected chi connectivity index (χ4v) is 2.63. The standard InChI is InChI=1S/C10H6O2Se/c1-2-4-8-7(3-1)11-9-5-13-6-10(9)12-8/h1-6H. The van der Waals surface area contributed by atoms with Gasteiger partial charge < -0.3 is 0 Å². The molecule has 1 aliphatic heterocycles. The van der Waals surface area contributed by atoms with Gasteiger partial charge >= 0.3 is 81.1 Å². The molecule has 0 aliphatic carbocycles. The Morgan fingerprint density at radius 2 is 1.31 bits per heavy atom. The SMILES string of the molecule is c1ccc2c(c1)Oc1c[se]cc1O2. The molecule has 13 heavy (non-hydrogen) atoms. The average Bonchev–Trinajstić information content (AvgIpc) is 2.61. The fourth-order valence-electron chi connectivity index (χ4n) is 1.28. The second-order valence-corrected chi connectivity index (χ2v) is 4.31. The number of ether oxygens (including phenoxy) is 2. The number of hydrogen-bond acceptors (Lipinski definition) is 2. The van der Waals surface area contributed by atoms with Gasteiger partial charge in [-0.05, 0) is 0 Å². The van der Waals surface area contributed by atoms with E-state index < -0.39 is 0 Å². The van der Waals surface area contributed by atoms with Crippen LogP contribution in [0.1, 0.15) is 0 Å². The Labute approximate surface area is 81.5 Å². The van der Waals surface area contributed by atoms with E-state index in [1.54, 1.807) is 0 Å². The van der Waals surface area contributed by atoms with E-state index in [1.807, 2.05) is 24.3 Å². The van der Waals surface area contributed by atoms with Crippen LogP contribution >= 0.6 is 0 Å². The first-order valence-corrected chi connectivity index (χ1v) is 5.92. The summed E-state index contributed by atoms with van der Waals surface area (Å²) in [4.78, 5) is 4.16. The zero-order valence-corrected chi connectivity index (χ0v) is 8.40. The molecule has 0 amide bonds. The van der Waals surface area contributed by atoms with E-state index in [2.05, 4.69) is 9.88 Å². The fraction of sp³-hybridized carbons (Fsp3) is 0. The normalized spacial score (nSPS) is 12.3. The Balaban J connectivity index is 2.14.